The molecule has 0 aliphatic carbocycles. The van der Waals surface area contributed by atoms with Crippen molar-refractivity contribution in [2.75, 3.05) is 7.05 Å². The van der Waals surface area contributed by atoms with E-state index in [0.29, 0.717) is 12.1 Å². The zero-order valence-electron chi connectivity index (χ0n) is 12.5. The van der Waals surface area contributed by atoms with Gasteiger partial charge < -0.3 is 4.90 Å². The minimum Gasteiger partial charge on any atom is -0.337 e. The highest BCUT2D eigenvalue weighted by Crippen LogP contribution is 2.23. The zero-order chi connectivity index (χ0) is 15.4. The SMILES string of the molecule is CCc1cc(C(=O)N(C)Cc2ccc(C#N)cc2)sc1C. The van der Waals surface area contributed by atoms with Gasteiger partial charge >= 0.3 is 0 Å². The minimum atomic E-state index is 0.0483. The monoisotopic (exact) mass is 298 g/mol. The Morgan fingerprint density at radius 2 is 2.00 bits per heavy atom. The van der Waals surface area contributed by atoms with Gasteiger partial charge in [-0.05, 0) is 42.7 Å². The zero-order valence-corrected chi connectivity index (χ0v) is 13.3. The Bertz CT molecular complexity index is 680. The van der Waals surface area contributed by atoms with Gasteiger partial charge in [-0.3, -0.25) is 4.79 Å². The summed E-state index contributed by atoms with van der Waals surface area (Å²) < 4.78 is 0. The summed E-state index contributed by atoms with van der Waals surface area (Å²) in [5.74, 6) is 0.0483. The second kappa shape index (κ2) is 6.55. The third-order valence-corrected chi connectivity index (χ3v) is 4.54. The molecule has 0 saturated heterocycles. The second-order valence-electron chi connectivity index (χ2n) is 5.02. The summed E-state index contributed by atoms with van der Waals surface area (Å²) in [5, 5.41) is 8.79. The predicted molar refractivity (Wildman–Crippen MR) is 85.4 cm³/mol. The molecule has 0 bridgehead atoms. The third kappa shape index (κ3) is 3.50. The number of rotatable bonds is 4. The number of hydrogen-bond acceptors (Lipinski definition) is 3. The van der Waals surface area contributed by atoms with E-state index in [1.807, 2.05) is 18.2 Å². The summed E-state index contributed by atoms with van der Waals surface area (Å²) in [4.78, 5) is 16.2. The first-order valence-electron chi connectivity index (χ1n) is 6.89. The summed E-state index contributed by atoms with van der Waals surface area (Å²) in [6.45, 7) is 4.70. The minimum absolute atomic E-state index is 0.0483. The predicted octanol–water partition coefficient (Wildman–Crippen LogP) is 3.76. The molecule has 0 N–H and O–H groups in total. The molecule has 0 atom stereocenters. The van der Waals surface area contributed by atoms with Crippen LogP contribution in [0.15, 0.2) is 30.3 Å². The van der Waals surface area contributed by atoms with Gasteiger partial charge in [0.1, 0.15) is 0 Å². The van der Waals surface area contributed by atoms with Crippen molar-refractivity contribution in [3.05, 3.63) is 56.8 Å². The van der Waals surface area contributed by atoms with Crippen molar-refractivity contribution in [1.29, 1.82) is 5.26 Å². The van der Waals surface area contributed by atoms with E-state index in [1.165, 1.54) is 10.4 Å². The quantitative estimate of drug-likeness (QED) is 0.862. The number of amides is 1. The third-order valence-electron chi connectivity index (χ3n) is 3.46. The van der Waals surface area contributed by atoms with Crippen LogP contribution in [0.25, 0.3) is 0 Å². The fourth-order valence-electron chi connectivity index (χ4n) is 2.19. The Morgan fingerprint density at radius 1 is 1.33 bits per heavy atom. The lowest BCUT2D eigenvalue weighted by molar-refractivity contribution is 0.0790. The Labute approximate surface area is 129 Å². The van der Waals surface area contributed by atoms with Gasteiger partial charge in [-0.15, -0.1) is 11.3 Å². The maximum absolute atomic E-state index is 12.4. The molecule has 0 fully saturated rings. The molecule has 1 aromatic heterocycles. The molecule has 2 rings (SSSR count). The highest BCUT2D eigenvalue weighted by molar-refractivity contribution is 7.14. The molecular weight excluding hydrogens is 280 g/mol. The van der Waals surface area contributed by atoms with Crippen molar-refractivity contribution in [3.8, 4) is 6.07 Å². The first-order valence-corrected chi connectivity index (χ1v) is 7.70. The van der Waals surface area contributed by atoms with Crippen LogP contribution in [-0.2, 0) is 13.0 Å². The van der Waals surface area contributed by atoms with E-state index in [2.05, 4.69) is 19.9 Å². The van der Waals surface area contributed by atoms with Gasteiger partial charge in [-0.1, -0.05) is 19.1 Å². The normalized spacial score (nSPS) is 10.2. The number of carbonyl (C=O) groups is 1. The molecule has 0 aliphatic heterocycles. The van der Waals surface area contributed by atoms with Gasteiger partial charge in [0.15, 0.2) is 0 Å². The first-order chi connectivity index (χ1) is 10.0. The highest BCUT2D eigenvalue weighted by atomic mass is 32.1. The van der Waals surface area contributed by atoms with Crippen LogP contribution in [0.2, 0.25) is 0 Å². The summed E-state index contributed by atoms with van der Waals surface area (Å²) >= 11 is 1.56. The molecule has 1 amide bonds. The maximum Gasteiger partial charge on any atom is 0.263 e. The maximum atomic E-state index is 12.4. The standard InChI is InChI=1S/C17H18N2OS/c1-4-15-9-16(21-12(15)2)17(20)19(3)11-14-7-5-13(10-18)6-8-14/h5-9H,4,11H2,1-3H3. The van der Waals surface area contributed by atoms with Gasteiger partial charge in [0, 0.05) is 18.5 Å². The molecule has 0 unspecified atom stereocenters. The molecule has 1 heterocycles. The van der Waals surface area contributed by atoms with E-state index in [9.17, 15) is 4.79 Å². The highest BCUT2D eigenvalue weighted by Gasteiger charge is 2.16. The number of carbonyl (C=O) groups excluding carboxylic acids is 1. The van der Waals surface area contributed by atoms with Crippen LogP contribution in [0.5, 0.6) is 0 Å². The molecular formula is C17H18N2OS. The lowest BCUT2D eigenvalue weighted by Crippen LogP contribution is -2.25. The molecule has 1 aromatic carbocycles. The summed E-state index contributed by atoms with van der Waals surface area (Å²) in [6.07, 6.45) is 0.953. The molecule has 2 aromatic rings. The molecule has 0 spiro atoms. The Kier molecular flexibility index (Phi) is 4.77. The molecule has 0 aliphatic rings. The lowest BCUT2D eigenvalue weighted by Gasteiger charge is -2.16. The van der Waals surface area contributed by atoms with E-state index in [0.717, 1.165) is 16.9 Å². The average molecular weight is 298 g/mol. The fraction of sp³-hybridized carbons (Fsp3) is 0.294. The van der Waals surface area contributed by atoms with E-state index in [4.69, 9.17) is 5.26 Å². The van der Waals surface area contributed by atoms with Gasteiger partial charge in [0.25, 0.3) is 5.91 Å². The molecule has 108 valence electrons. The summed E-state index contributed by atoms with van der Waals surface area (Å²) in [5.41, 5.74) is 2.90. The number of benzene rings is 1. The topological polar surface area (TPSA) is 44.1 Å². The van der Waals surface area contributed by atoms with Crippen LogP contribution in [0, 0.1) is 18.3 Å². The Balaban J connectivity index is 2.09. The number of aryl methyl sites for hydroxylation is 2. The van der Waals surface area contributed by atoms with Crippen LogP contribution in [0.1, 0.15) is 38.2 Å². The van der Waals surface area contributed by atoms with Gasteiger partial charge in [-0.25, -0.2) is 0 Å². The largest absolute Gasteiger partial charge is 0.337 e. The van der Waals surface area contributed by atoms with E-state index in [-0.39, 0.29) is 5.91 Å². The number of thiophene rings is 1. The molecule has 0 radical (unpaired) electrons. The van der Waals surface area contributed by atoms with Crippen molar-refractivity contribution in [1.82, 2.24) is 4.90 Å². The average Bonchev–Trinajstić information content (AvgIpc) is 2.88. The van der Waals surface area contributed by atoms with Crippen LogP contribution in [0.4, 0.5) is 0 Å². The molecule has 3 nitrogen and oxygen atoms in total. The fourth-order valence-corrected chi connectivity index (χ4v) is 3.30. The van der Waals surface area contributed by atoms with Crippen LogP contribution in [-0.4, -0.2) is 17.9 Å². The Morgan fingerprint density at radius 3 is 2.52 bits per heavy atom. The number of hydrogen-bond donors (Lipinski definition) is 0. The van der Waals surface area contributed by atoms with Gasteiger partial charge in [-0.2, -0.15) is 5.26 Å². The van der Waals surface area contributed by atoms with E-state index < -0.39 is 0 Å². The van der Waals surface area contributed by atoms with Crippen molar-refractivity contribution in [3.63, 3.8) is 0 Å². The second-order valence-corrected chi connectivity index (χ2v) is 6.27. The van der Waals surface area contributed by atoms with Gasteiger partial charge in [0.2, 0.25) is 0 Å². The van der Waals surface area contributed by atoms with E-state index >= 15 is 0 Å². The van der Waals surface area contributed by atoms with Crippen LogP contribution < -0.4 is 0 Å². The lowest BCUT2D eigenvalue weighted by atomic mass is 10.1. The smallest absolute Gasteiger partial charge is 0.263 e. The summed E-state index contributed by atoms with van der Waals surface area (Å²) in [6, 6.07) is 11.4. The van der Waals surface area contributed by atoms with Crippen molar-refractivity contribution < 1.29 is 4.79 Å². The van der Waals surface area contributed by atoms with Crippen molar-refractivity contribution in [2.45, 2.75) is 26.8 Å². The Hall–Kier alpha value is -2.12. The molecule has 21 heavy (non-hydrogen) atoms. The van der Waals surface area contributed by atoms with Crippen LogP contribution >= 0.6 is 11.3 Å². The van der Waals surface area contributed by atoms with Crippen molar-refractivity contribution >= 4 is 17.2 Å². The van der Waals surface area contributed by atoms with Crippen LogP contribution in [0.3, 0.4) is 0 Å². The first kappa shape index (κ1) is 15.3. The summed E-state index contributed by atoms with van der Waals surface area (Å²) in [7, 11) is 1.81. The number of nitrogens with zero attached hydrogens (tertiary/aromatic N) is 2. The molecule has 0 saturated carbocycles. The molecule has 4 heteroatoms. The van der Waals surface area contributed by atoms with Gasteiger partial charge in [0.05, 0.1) is 16.5 Å². The van der Waals surface area contributed by atoms with E-state index in [1.54, 1.807) is 35.4 Å². The van der Waals surface area contributed by atoms with Crippen molar-refractivity contribution in [2.24, 2.45) is 0 Å². The number of nitriles is 1.